The number of thiophene rings is 1. The zero-order chi connectivity index (χ0) is 13.0. The number of hydrogen-bond acceptors (Lipinski definition) is 3. The summed E-state index contributed by atoms with van der Waals surface area (Å²) in [7, 11) is 0. The molecule has 2 aromatic heterocycles. The van der Waals surface area contributed by atoms with Crippen LogP contribution >= 0.6 is 39.5 Å². The molecule has 0 aliphatic heterocycles. The lowest BCUT2D eigenvalue weighted by Gasteiger charge is -2.21. The van der Waals surface area contributed by atoms with E-state index in [0.29, 0.717) is 5.11 Å². The third kappa shape index (κ3) is 3.51. The van der Waals surface area contributed by atoms with Crippen LogP contribution in [0.5, 0.6) is 0 Å². The number of nitrogens with two attached hydrogens (primary N) is 1. The van der Waals surface area contributed by atoms with Gasteiger partial charge in [-0.3, -0.25) is 0 Å². The van der Waals surface area contributed by atoms with E-state index in [1.165, 1.54) is 4.88 Å². The van der Waals surface area contributed by atoms with Gasteiger partial charge in [0, 0.05) is 22.1 Å². The Morgan fingerprint density at radius 2 is 2.28 bits per heavy atom. The van der Waals surface area contributed by atoms with Crippen LogP contribution in [-0.4, -0.2) is 16.6 Å². The van der Waals surface area contributed by atoms with Gasteiger partial charge in [0.25, 0.3) is 0 Å². The molecule has 2 aromatic rings. The van der Waals surface area contributed by atoms with Gasteiger partial charge in [0.15, 0.2) is 5.11 Å². The van der Waals surface area contributed by atoms with Gasteiger partial charge >= 0.3 is 0 Å². The van der Waals surface area contributed by atoms with Crippen LogP contribution in [0.1, 0.15) is 4.88 Å². The normalized spacial score (nSPS) is 10.3. The smallest absolute Gasteiger partial charge is 0.171 e. The highest BCUT2D eigenvalue weighted by Crippen LogP contribution is 2.16. The van der Waals surface area contributed by atoms with Crippen LogP contribution in [0, 0.1) is 0 Å². The average molecular weight is 342 g/mol. The summed E-state index contributed by atoms with van der Waals surface area (Å²) >= 11 is 10.2. The van der Waals surface area contributed by atoms with Crippen molar-refractivity contribution < 1.29 is 0 Å². The lowest BCUT2D eigenvalue weighted by Crippen LogP contribution is -2.37. The van der Waals surface area contributed by atoms with Crippen molar-refractivity contribution in [1.29, 1.82) is 0 Å². The average Bonchev–Trinajstić information content (AvgIpc) is 2.84. The predicted molar refractivity (Wildman–Crippen MR) is 84.1 cm³/mol. The van der Waals surface area contributed by atoms with Crippen molar-refractivity contribution in [2.45, 2.75) is 6.42 Å². The van der Waals surface area contributed by atoms with E-state index in [1.54, 1.807) is 17.5 Å². The number of halogens is 1. The Bertz CT molecular complexity index is 511. The van der Waals surface area contributed by atoms with Gasteiger partial charge in [0.2, 0.25) is 0 Å². The monoisotopic (exact) mass is 341 g/mol. The molecule has 2 N–H and O–H groups in total. The number of pyridine rings is 1. The molecule has 0 spiro atoms. The molecule has 3 nitrogen and oxygen atoms in total. The molecule has 0 radical (unpaired) electrons. The summed E-state index contributed by atoms with van der Waals surface area (Å²) in [6, 6.07) is 7.98. The van der Waals surface area contributed by atoms with Gasteiger partial charge in [-0.25, -0.2) is 4.98 Å². The zero-order valence-corrected chi connectivity index (χ0v) is 12.8. The van der Waals surface area contributed by atoms with E-state index in [2.05, 4.69) is 32.4 Å². The highest BCUT2D eigenvalue weighted by atomic mass is 79.9. The lowest BCUT2D eigenvalue weighted by molar-refractivity contribution is 0.931. The number of nitrogens with zero attached hydrogens (tertiary/aromatic N) is 2. The number of rotatable bonds is 4. The second-order valence-electron chi connectivity index (χ2n) is 3.65. The van der Waals surface area contributed by atoms with Crippen LogP contribution in [0.15, 0.2) is 40.3 Å². The first-order valence-electron chi connectivity index (χ1n) is 5.38. The molecule has 0 amide bonds. The molecular weight excluding hydrogens is 330 g/mol. The van der Waals surface area contributed by atoms with Crippen molar-refractivity contribution in [3.8, 4) is 0 Å². The van der Waals surface area contributed by atoms with Crippen molar-refractivity contribution in [3.63, 3.8) is 0 Å². The van der Waals surface area contributed by atoms with Crippen LogP contribution < -0.4 is 10.6 Å². The largest absolute Gasteiger partial charge is 0.376 e. The Morgan fingerprint density at radius 1 is 1.44 bits per heavy atom. The number of thiocarbonyl (C=S) groups is 1. The maximum absolute atomic E-state index is 5.76. The second-order valence-corrected chi connectivity index (χ2v) is 6.02. The first-order valence-corrected chi connectivity index (χ1v) is 7.46. The predicted octanol–water partition coefficient (Wildman–Crippen LogP) is 3.20. The Kier molecular flexibility index (Phi) is 4.68. The first-order chi connectivity index (χ1) is 8.66. The summed E-state index contributed by atoms with van der Waals surface area (Å²) in [4.78, 5) is 7.48. The molecular formula is C12H12BrN3S2. The first kappa shape index (κ1) is 13.5. The van der Waals surface area contributed by atoms with Gasteiger partial charge in [-0.15, -0.1) is 11.3 Å². The Morgan fingerprint density at radius 3 is 2.83 bits per heavy atom. The van der Waals surface area contributed by atoms with Gasteiger partial charge in [-0.1, -0.05) is 6.07 Å². The zero-order valence-electron chi connectivity index (χ0n) is 9.54. The molecule has 0 aliphatic carbocycles. The fourth-order valence-corrected chi connectivity index (χ4v) is 2.66. The van der Waals surface area contributed by atoms with E-state index < -0.39 is 0 Å². The highest BCUT2D eigenvalue weighted by Gasteiger charge is 2.10. The maximum Gasteiger partial charge on any atom is 0.171 e. The van der Waals surface area contributed by atoms with Crippen molar-refractivity contribution in [1.82, 2.24) is 4.98 Å². The second kappa shape index (κ2) is 6.26. The molecule has 0 aromatic carbocycles. The Labute approximate surface area is 124 Å². The summed E-state index contributed by atoms with van der Waals surface area (Å²) in [5, 5.41) is 2.42. The summed E-state index contributed by atoms with van der Waals surface area (Å²) in [6.07, 6.45) is 2.65. The van der Waals surface area contributed by atoms with Gasteiger partial charge < -0.3 is 10.6 Å². The minimum atomic E-state index is 0.348. The summed E-state index contributed by atoms with van der Waals surface area (Å²) in [5.74, 6) is 0.780. The molecule has 0 fully saturated rings. The fraction of sp³-hybridized carbons (Fsp3) is 0.167. The molecule has 2 rings (SSSR count). The molecule has 2 heterocycles. The van der Waals surface area contributed by atoms with Crippen LogP contribution in [-0.2, 0) is 6.42 Å². The van der Waals surface area contributed by atoms with E-state index >= 15 is 0 Å². The molecule has 0 saturated heterocycles. The molecule has 0 atom stereocenters. The molecule has 0 saturated carbocycles. The quantitative estimate of drug-likeness (QED) is 0.867. The molecule has 6 heteroatoms. The van der Waals surface area contributed by atoms with E-state index in [4.69, 9.17) is 18.0 Å². The Balaban J connectivity index is 2.08. The number of aromatic nitrogens is 1. The minimum Gasteiger partial charge on any atom is -0.376 e. The molecule has 94 valence electrons. The Hall–Kier alpha value is -0.980. The maximum atomic E-state index is 5.76. The number of anilines is 1. The number of hydrogen-bond donors (Lipinski definition) is 1. The van der Waals surface area contributed by atoms with E-state index in [1.807, 2.05) is 23.1 Å². The topological polar surface area (TPSA) is 42.1 Å². The molecule has 0 bridgehead atoms. The van der Waals surface area contributed by atoms with Crippen LogP contribution in [0.25, 0.3) is 0 Å². The highest BCUT2D eigenvalue weighted by molar-refractivity contribution is 9.10. The van der Waals surface area contributed by atoms with Gasteiger partial charge in [-0.2, -0.15) is 0 Å². The van der Waals surface area contributed by atoms with Crippen molar-refractivity contribution in [2.24, 2.45) is 5.73 Å². The van der Waals surface area contributed by atoms with Gasteiger partial charge in [0.05, 0.1) is 0 Å². The SMILES string of the molecule is NC(=S)N(CCc1cccs1)c1ccc(Br)cn1. The fourth-order valence-electron chi connectivity index (χ4n) is 1.54. The summed E-state index contributed by atoms with van der Waals surface area (Å²) < 4.78 is 0.937. The van der Waals surface area contributed by atoms with Crippen LogP contribution in [0.4, 0.5) is 5.82 Å². The van der Waals surface area contributed by atoms with Gasteiger partial charge in [0.1, 0.15) is 5.82 Å². The third-order valence-corrected chi connectivity index (χ3v) is 4.04. The van der Waals surface area contributed by atoms with Crippen LogP contribution in [0.3, 0.4) is 0 Å². The molecule has 0 aliphatic rings. The van der Waals surface area contributed by atoms with E-state index in [-0.39, 0.29) is 0 Å². The van der Waals surface area contributed by atoms with Crippen molar-refractivity contribution in [2.75, 3.05) is 11.4 Å². The van der Waals surface area contributed by atoms with E-state index in [0.717, 1.165) is 23.3 Å². The van der Waals surface area contributed by atoms with Crippen molar-refractivity contribution >= 4 is 50.4 Å². The molecule has 18 heavy (non-hydrogen) atoms. The van der Waals surface area contributed by atoms with Crippen LogP contribution in [0.2, 0.25) is 0 Å². The van der Waals surface area contributed by atoms with E-state index in [9.17, 15) is 0 Å². The van der Waals surface area contributed by atoms with Gasteiger partial charge in [-0.05, 0) is 58.1 Å². The lowest BCUT2D eigenvalue weighted by atomic mass is 10.3. The molecule has 0 unspecified atom stereocenters. The standard InChI is InChI=1S/C12H12BrN3S2/c13-9-3-4-11(15-8-9)16(12(14)17)6-5-10-2-1-7-18-10/h1-4,7-8H,5-6H2,(H2,14,17). The minimum absolute atomic E-state index is 0.348. The third-order valence-electron chi connectivity index (χ3n) is 2.42. The summed E-state index contributed by atoms with van der Waals surface area (Å²) in [5.41, 5.74) is 5.76. The summed E-state index contributed by atoms with van der Waals surface area (Å²) in [6.45, 7) is 0.741. The van der Waals surface area contributed by atoms with Crippen molar-refractivity contribution in [3.05, 3.63) is 45.2 Å².